The lowest BCUT2D eigenvalue weighted by molar-refractivity contribution is 0.317. The van der Waals surface area contributed by atoms with E-state index in [4.69, 9.17) is 22.1 Å². The summed E-state index contributed by atoms with van der Waals surface area (Å²) in [7, 11) is 0. The highest BCUT2D eigenvalue weighted by Crippen LogP contribution is 2.23. The summed E-state index contributed by atoms with van der Waals surface area (Å²) < 4.78 is 5.35. The number of nitrogens with two attached hydrogens (primary N) is 1. The van der Waals surface area contributed by atoms with E-state index in [2.05, 4.69) is 6.92 Å². The molecular formula is C9H12ClNO. The molecule has 0 aromatic heterocycles. The predicted octanol–water partition coefficient (Wildman–Crippen LogP) is 2.71. The molecule has 0 saturated heterocycles. The summed E-state index contributed by atoms with van der Waals surface area (Å²) in [4.78, 5) is 0. The molecule has 0 spiro atoms. The van der Waals surface area contributed by atoms with Gasteiger partial charge in [-0.05, 0) is 18.6 Å². The Balaban J connectivity index is 2.69. The first-order valence-electron chi connectivity index (χ1n) is 3.92. The fourth-order valence-electron chi connectivity index (χ4n) is 0.832. The Morgan fingerprint density at radius 2 is 2.25 bits per heavy atom. The molecule has 0 unspecified atom stereocenters. The van der Waals surface area contributed by atoms with E-state index in [9.17, 15) is 0 Å². The van der Waals surface area contributed by atoms with E-state index in [0.29, 0.717) is 17.3 Å². The second-order valence-corrected chi connectivity index (χ2v) is 2.94. The molecule has 0 amide bonds. The van der Waals surface area contributed by atoms with Gasteiger partial charge in [-0.2, -0.15) is 0 Å². The summed E-state index contributed by atoms with van der Waals surface area (Å²) in [6.07, 6.45) is 0.989. The highest BCUT2D eigenvalue weighted by atomic mass is 35.5. The number of rotatable bonds is 3. The number of hydrogen-bond donors (Lipinski definition) is 1. The van der Waals surface area contributed by atoms with Crippen LogP contribution in [0, 0.1) is 0 Å². The van der Waals surface area contributed by atoms with Crippen molar-refractivity contribution in [3.63, 3.8) is 0 Å². The summed E-state index contributed by atoms with van der Waals surface area (Å²) >= 11 is 5.73. The highest BCUT2D eigenvalue weighted by molar-refractivity contribution is 6.33. The van der Waals surface area contributed by atoms with Gasteiger partial charge in [0, 0.05) is 6.07 Å². The van der Waals surface area contributed by atoms with E-state index in [1.165, 1.54) is 0 Å². The fraction of sp³-hybridized carbons (Fsp3) is 0.333. The Hall–Kier alpha value is -0.890. The fourth-order valence-corrected chi connectivity index (χ4v) is 0.949. The molecule has 1 rings (SSSR count). The van der Waals surface area contributed by atoms with Crippen LogP contribution in [0.3, 0.4) is 0 Å². The molecule has 12 heavy (non-hydrogen) atoms. The lowest BCUT2D eigenvalue weighted by Crippen LogP contribution is -1.95. The minimum Gasteiger partial charge on any atom is -0.494 e. The summed E-state index contributed by atoms with van der Waals surface area (Å²) in [6, 6.07) is 5.29. The maximum Gasteiger partial charge on any atom is 0.121 e. The quantitative estimate of drug-likeness (QED) is 0.735. The van der Waals surface area contributed by atoms with Gasteiger partial charge in [0.15, 0.2) is 0 Å². The minimum atomic E-state index is 0.560. The number of anilines is 1. The SMILES string of the molecule is CCCOc1ccc(Cl)c(N)c1. The van der Waals surface area contributed by atoms with Crippen molar-refractivity contribution in [1.82, 2.24) is 0 Å². The van der Waals surface area contributed by atoms with Crippen LogP contribution in [-0.2, 0) is 0 Å². The van der Waals surface area contributed by atoms with Gasteiger partial charge < -0.3 is 10.5 Å². The number of ether oxygens (including phenoxy) is 1. The monoisotopic (exact) mass is 185 g/mol. The molecule has 0 atom stereocenters. The van der Waals surface area contributed by atoms with Gasteiger partial charge in [0.25, 0.3) is 0 Å². The first kappa shape index (κ1) is 9.20. The molecule has 3 heteroatoms. The van der Waals surface area contributed by atoms with Gasteiger partial charge in [-0.25, -0.2) is 0 Å². The summed E-state index contributed by atoms with van der Waals surface area (Å²) in [5.41, 5.74) is 6.14. The van der Waals surface area contributed by atoms with E-state index >= 15 is 0 Å². The van der Waals surface area contributed by atoms with Crippen molar-refractivity contribution >= 4 is 17.3 Å². The highest BCUT2D eigenvalue weighted by Gasteiger charge is 1.97. The lowest BCUT2D eigenvalue weighted by atomic mass is 10.3. The molecule has 0 aliphatic carbocycles. The maximum atomic E-state index is 5.73. The van der Waals surface area contributed by atoms with E-state index in [-0.39, 0.29) is 0 Å². The number of halogens is 1. The Bertz CT molecular complexity index is 263. The van der Waals surface area contributed by atoms with Crippen molar-refractivity contribution in [3.8, 4) is 5.75 Å². The van der Waals surface area contributed by atoms with Gasteiger partial charge in [0.1, 0.15) is 5.75 Å². The van der Waals surface area contributed by atoms with Crippen LogP contribution in [0.25, 0.3) is 0 Å². The third kappa shape index (κ3) is 2.31. The first-order valence-corrected chi connectivity index (χ1v) is 4.29. The molecule has 0 saturated carbocycles. The van der Waals surface area contributed by atoms with E-state index in [1.54, 1.807) is 12.1 Å². The third-order valence-electron chi connectivity index (χ3n) is 1.44. The molecule has 2 nitrogen and oxygen atoms in total. The zero-order valence-electron chi connectivity index (χ0n) is 7.01. The third-order valence-corrected chi connectivity index (χ3v) is 1.78. The number of hydrogen-bond acceptors (Lipinski definition) is 2. The van der Waals surface area contributed by atoms with Crippen molar-refractivity contribution < 1.29 is 4.74 Å². The summed E-state index contributed by atoms with van der Waals surface area (Å²) in [5.74, 6) is 0.777. The van der Waals surface area contributed by atoms with Gasteiger partial charge >= 0.3 is 0 Å². The van der Waals surface area contributed by atoms with Gasteiger partial charge in [-0.1, -0.05) is 18.5 Å². The minimum absolute atomic E-state index is 0.560. The van der Waals surface area contributed by atoms with Crippen LogP contribution >= 0.6 is 11.6 Å². The predicted molar refractivity (Wildman–Crippen MR) is 51.7 cm³/mol. The smallest absolute Gasteiger partial charge is 0.121 e. The topological polar surface area (TPSA) is 35.2 Å². The molecule has 2 N–H and O–H groups in total. The molecular weight excluding hydrogens is 174 g/mol. The molecule has 1 aromatic rings. The van der Waals surface area contributed by atoms with Gasteiger partial charge in [0.2, 0.25) is 0 Å². The van der Waals surface area contributed by atoms with Crippen molar-refractivity contribution in [2.45, 2.75) is 13.3 Å². The van der Waals surface area contributed by atoms with E-state index in [0.717, 1.165) is 12.2 Å². The molecule has 1 aromatic carbocycles. The molecule has 66 valence electrons. The van der Waals surface area contributed by atoms with Crippen LogP contribution in [0.2, 0.25) is 5.02 Å². The second-order valence-electron chi connectivity index (χ2n) is 2.53. The van der Waals surface area contributed by atoms with Crippen LogP contribution in [0.15, 0.2) is 18.2 Å². The van der Waals surface area contributed by atoms with Crippen molar-refractivity contribution in [3.05, 3.63) is 23.2 Å². The molecule has 0 aliphatic rings. The molecule has 0 radical (unpaired) electrons. The molecule has 0 bridgehead atoms. The largest absolute Gasteiger partial charge is 0.494 e. The normalized spacial score (nSPS) is 9.83. The van der Waals surface area contributed by atoms with Gasteiger partial charge in [-0.15, -0.1) is 0 Å². The first-order chi connectivity index (χ1) is 5.74. The molecule has 0 fully saturated rings. The lowest BCUT2D eigenvalue weighted by Gasteiger charge is -2.05. The van der Waals surface area contributed by atoms with Crippen LogP contribution < -0.4 is 10.5 Å². The molecule has 0 aliphatic heterocycles. The summed E-state index contributed by atoms with van der Waals surface area (Å²) in [5, 5.41) is 0.568. The van der Waals surface area contributed by atoms with E-state index in [1.807, 2.05) is 6.07 Å². The van der Waals surface area contributed by atoms with E-state index < -0.39 is 0 Å². The van der Waals surface area contributed by atoms with Crippen LogP contribution in [0.5, 0.6) is 5.75 Å². The maximum absolute atomic E-state index is 5.73. The van der Waals surface area contributed by atoms with Gasteiger partial charge in [0.05, 0.1) is 17.3 Å². The van der Waals surface area contributed by atoms with Crippen molar-refractivity contribution in [1.29, 1.82) is 0 Å². The molecule has 0 heterocycles. The Morgan fingerprint density at radius 3 is 2.83 bits per heavy atom. The Morgan fingerprint density at radius 1 is 1.50 bits per heavy atom. The average molecular weight is 186 g/mol. The van der Waals surface area contributed by atoms with Crippen molar-refractivity contribution in [2.24, 2.45) is 0 Å². The number of benzene rings is 1. The Kier molecular flexibility index (Phi) is 3.23. The van der Waals surface area contributed by atoms with Crippen LogP contribution in [0.4, 0.5) is 5.69 Å². The standard InChI is InChI=1S/C9H12ClNO/c1-2-5-12-7-3-4-8(10)9(11)6-7/h3-4,6H,2,5,11H2,1H3. The van der Waals surface area contributed by atoms with Gasteiger partial charge in [-0.3, -0.25) is 0 Å². The van der Waals surface area contributed by atoms with Crippen LogP contribution in [0.1, 0.15) is 13.3 Å². The zero-order valence-corrected chi connectivity index (χ0v) is 7.77. The Labute approximate surface area is 77.3 Å². The average Bonchev–Trinajstić information content (AvgIpc) is 2.07. The second kappa shape index (κ2) is 4.21. The van der Waals surface area contributed by atoms with Crippen molar-refractivity contribution in [2.75, 3.05) is 12.3 Å². The van der Waals surface area contributed by atoms with Crippen LogP contribution in [-0.4, -0.2) is 6.61 Å². The zero-order chi connectivity index (χ0) is 8.97. The number of nitrogen functional groups attached to an aromatic ring is 1. The summed E-state index contributed by atoms with van der Waals surface area (Å²) in [6.45, 7) is 2.76.